The predicted molar refractivity (Wildman–Crippen MR) is 123 cm³/mol. The van der Waals surface area contributed by atoms with Gasteiger partial charge in [0.05, 0.1) is 18.1 Å². The van der Waals surface area contributed by atoms with Crippen LogP contribution in [-0.4, -0.2) is 49.5 Å². The fraction of sp³-hybridized carbons (Fsp3) is 0.417. The van der Waals surface area contributed by atoms with Gasteiger partial charge in [-0.05, 0) is 43.2 Å². The van der Waals surface area contributed by atoms with Gasteiger partial charge in [0.2, 0.25) is 0 Å². The molecular weight excluding hydrogens is 414 g/mol. The number of benzene rings is 2. The number of hydrogen-bond acceptors (Lipinski definition) is 6. The standard InChI is InChI=1S/C24H28ClN3O3/c1-4-24(5-2,23(29)30-3)21-15-28(13-12-26-21)22-17-8-6-7-9-19(17)31-20-11-10-16(25)14-18(20)27-22/h6-11,14,21,26H,4-5,12-13,15H2,1-3H3/t21-/m1/s1. The van der Waals surface area contributed by atoms with Gasteiger partial charge >= 0.3 is 5.97 Å². The molecule has 0 bridgehead atoms. The molecule has 1 N–H and O–H groups in total. The minimum atomic E-state index is -0.587. The van der Waals surface area contributed by atoms with E-state index >= 15 is 0 Å². The van der Waals surface area contributed by atoms with E-state index in [1.54, 1.807) is 6.07 Å². The van der Waals surface area contributed by atoms with E-state index in [4.69, 9.17) is 26.1 Å². The van der Waals surface area contributed by atoms with E-state index in [0.29, 0.717) is 35.8 Å². The Balaban J connectivity index is 1.76. The maximum absolute atomic E-state index is 12.8. The Kier molecular flexibility index (Phi) is 6.21. The van der Waals surface area contributed by atoms with Crippen LogP contribution in [-0.2, 0) is 9.53 Å². The van der Waals surface area contributed by atoms with Crippen molar-refractivity contribution in [3.8, 4) is 11.5 Å². The molecule has 0 spiro atoms. The van der Waals surface area contributed by atoms with Crippen LogP contribution >= 0.6 is 11.6 Å². The van der Waals surface area contributed by atoms with Gasteiger partial charge in [-0.2, -0.15) is 0 Å². The van der Waals surface area contributed by atoms with Gasteiger partial charge in [0.1, 0.15) is 17.3 Å². The Hall–Kier alpha value is -2.57. The fourth-order valence-corrected chi connectivity index (χ4v) is 4.79. The molecule has 2 aromatic carbocycles. The molecule has 4 rings (SSSR count). The summed E-state index contributed by atoms with van der Waals surface area (Å²) in [7, 11) is 1.46. The van der Waals surface area contributed by atoms with Crippen LogP contribution in [0.25, 0.3) is 0 Å². The van der Waals surface area contributed by atoms with Crippen LogP contribution in [0.1, 0.15) is 32.3 Å². The first-order valence-electron chi connectivity index (χ1n) is 10.7. The van der Waals surface area contributed by atoms with Gasteiger partial charge in [0, 0.05) is 30.7 Å². The van der Waals surface area contributed by atoms with Crippen molar-refractivity contribution in [1.82, 2.24) is 10.2 Å². The van der Waals surface area contributed by atoms with E-state index in [2.05, 4.69) is 10.2 Å². The van der Waals surface area contributed by atoms with Gasteiger partial charge in [0.15, 0.2) is 5.75 Å². The number of aliphatic imine (C=N–C) groups is 1. The quantitative estimate of drug-likeness (QED) is 0.692. The summed E-state index contributed by atoms with van der Waals surface area (Å²) in [5.41, 5.74) is 1.03. The van der Waals surface area contributed by atoms with Crippen molar-refractivity contribution < 1.29 is 14.3 Å². The molecule has 164 valence electrons. The zero-order valence-electron chi connectivity index (χ0n) is 18.2. The third-order valence-electron chi connectivity index (χ3n) is 6.49. The first-order valence-corrected chi connectivity index (χ1v) is 11.1. The third-order valence-corrected chi connectivity index (χ3v) is 6.73. The molecule has 2 heterocycles. The lowest BCUT2D eigenvalue weighted by Crippen LogP contribution is -2.61. The number of ether oxygens (including phenoxy) is 2. The average molecular weight is 442 g/mol. The van der Waals surface area contributed by atoms with E-state index in [1.807, 2.05) is 50.2 Å². The molecule has 0 aliphatic carbocycles. The van der Waals surface area contributed by atoms with Crippen molar-refractivity contribution in [2.24, 2.45) is 10.4 Å². The molecule has 1 saturated heterocycles. The van der Waals surface area contributed by atoms with E-state index in [9.17, 15) is 4.79 Å². The summed E-state index contributed by atoms with van der Waals surface area (Å²) >= 11 is 6.25. The zero-order valence-corrected chi connectivity index (χ0v) is 18.9. The Bertz CT molecular complexity index is 1000. The molecule has 0 amide bonds. The molecule has 0 radical (unpaired) electrons. The lowest BCUT2D eigenvalue weighted by Gasteiger charge is -2.44. The second kappa shape index (κ2) is 8.89. The number of amidine groups is 1. The summed E-state index contributed by atoms with van der Waals surface area (Å²) in [4.78, 5) is 20.0. The predicted octanol–water partition coefficient (Wildman–Crippen LogP) is 4.78. The van der Waals surface area contributed by atoms with E-state index in [-0.39, 0.29) is 12.0 Å². The molecule has 6 nitrogen and oxygen atoms in total. The Morgan fingerprint density at radius 3 is 2.77 bits per heavy atom. The maximum Gasteiger partial charge on any atom is 0.313 e. The highest BCUT2D eigenvalue weighted by atomic mass is 35.5. The number of hydrogen-bond donors (Lipinski definition) is 1. The minimum Gasteiger partial charge on any atom is -0.469 e. The summed E-state index contributed by atoms with van der Waals surface area (Å²) < 4.78 is 11.4. The smallest absolute Gasteiger partial charge is 0.313 e. The van der Waals surface area contributed by atoms with Crippen molar-refractivity contribution in [3.63, 3.8) is 0 Å². The van der Waals surface area contributed by atoms with Crippen LogP contribution in [0.4, 0.5) is 5.69 Å². The van der Waals surface area contributed by atoms with Gasteiger partial charge in [0.25, 0.3) is 0 Å². The first-order chi connectivity index (χ1) is 15.0. The third kappa shape index (κ3) is 3.90. The van der Waals surface area contributed by atoms with Crippen LogP contribution < -0.4 is 10.1 Å². The maximum atomic E-state index is 12.8. The molecule has 31 heavy (non-hydrogen) atoms. The molecule has 7 heteroatoms. The number of halogens is 1. The molecule has 2 aliphatic rings. The van der Waals surface area contributed by atoms with Crippen LogP contribution in [0.3, 0.4) is 0 Å². The number of nitrogens with zero attached hydrogens (tertiary/aromatic N) is 2. The second-order valence-corrected chi connectivity index (χ2v) is 8.39. The molecule has 1 atom stereocenters. The van der Waals surface area contributed by atoms with Crippen LogP contribution in [0.15, 0.2) is 47.5 Å². The number of nitrogens with one attached hydrogen (secondary N) is 1. The summed E-state index contributed by atoms with van der Waals surface area (Å²) in [6.07, 6.45) is 1.40. The molecule has 2 aliphatic heterocycles. The summed E-state index contributed by atoms with van der Waals surface area (Å²) in [5.74, 6) is 2.08. The van der Waals surface area contributed by atoms with Crippen molar-refractivity contribution in [2.45, 2.75) is 32.7 Å². The van der Waals surface area contributed by atoms with Crippen molar-refractivity contribution in [1.29, 1.82) is 0 Å². The Morgan fingerprint density at radius 1 is 1.26 bits per heavy atom. The topological polar surface area (TPSA) is 63.2 Å². The van der Waals surface area contributed by atoms with Gasteiger partial charge in [-0.1, -0.05) is 37.6 Å². The number of rotatable bonds is 4. The number of esters is 1. The molecule has 0 saturated carbocycles. The van der Waals surface area contributed by atoms with Crippen LogP contribution in [0.2, 0.25) is 5.02 Å². The van der Waals surface area contributed by atoms with Crippen molar-refractivity contribution in [3.05, 3.63) is 53.1 Å². The fourth-order valence-electron chi connectivity index (χ4n) is 4.63. The Morgan fingerprint density at radius 2 is 2.03 bits per heavy atom. The van der Waals surface area contributed by atoms with Gasteiger partial charge in [-0.25, -0.2) is 4.99 Å². The number of methoxy groups -OCH3 is 1. The minimum absolute atomic E-state index is 0.0541. The van der Waals surface area contributed by atoms with E-state index < -0.39 is 5.41 Å². The number of fused-ring (bicyclic) bond motifs is 2. The Labute approximate surface area is 188 Å². The van der Waals surface area contributed by atoms with Crippen LogP contribution in [0, 0.1) is 5.41 Å². The lowest BCUT2D eigenvalue weighted by atomic mass is 9.74. The molecule has 2 aromatic rings. The summed E-state index contributed by atoms with van der Waals surface area (Å²) in [6.45, 7) is 6.25. The molecule has 0 aromatic heterocycles. The first kappa shape index (κ1) is 21.7. The second-order valence-electron chi connectivity index (χ2n) is 7.95. The zero-order chi connectivity index (χ0) is 22.0. The number of carbonyl (C=O) groups is 1. The van der Waals surface area contributed by atoms with Crippen LogP contribution in [0.5, 0.6) is 11.5 Å². The highest BCUT2D eigenvalue weighted by molar-refractivity contribution is 6.31. The summed E-state index contributed by atoms with van der Waals surface area (Å²) in [6, 6.07) is 13.3. The highest BCUT2D eigenvalue weighted by Gasteiger charge is 2.46. The largest absolute Gasteiger partial charge is 0.469 e. The van der Waals surface area contributed by atoms with E-state index in [0.717, 1.165) is 30.2 Å². The van der Waals surface area contributed by atoms with Gasteiger partial charge in [-0.15, -0.1) is 0 Å². The molecule has 0 unspecified atom stereocenters. The van der Waals surface area contributed by atoms with Crippen molar-refractivity contribution in [2.75, 3.05) is 26.7 Å². The number of para-hydroxylation sites is 1. The van der Waals surface area contributed by atoms with Crippen molar-refractivity contribution >= 4 is 29.1 Å². The lowest BCUT2D eigenvalue weighted by molar-refractivity contribution is -0.156. The summed E-state index contributed by atoms with van der Waals surface area (Å²) in [5, 5.41) is 4.17. The molecule has 1 fully saturated rings. The monoisotopic (exact) mass is 441 g/mol. The SMILES string of the molecule is CCC(CC)(C(=O)OC)[C@H]1CN(C2=Nc3cc(Cl)ccc3Oc3ccccc32)CCN1. The number of carbonyl (C=O) groups excluding carboxylic acids is 1. The average Bonchev–Trinajstić information content (AvgIpc) is 2.97. The number of piperazine rings is 1. The normalized spacial score (nSPS) is 18.3. The van der Waals surface area contributed by atoms with Gasteiger partial charge in [-0.3, -0.25) is 4.79 Å². The highest BCUT2D eigenvalue weighted by Crippen LogP contribution is 2.40. The van der Waals surface area contributed by atoms with Gasteiger partial charge < -0.3 is 19.7 Å². The molecular formula is C24H28ClN3O3. The van der Waals surface area contributed by atoms with E-state index in [1.165, 1.54) is 7.11 Å².